The highest BCUT2D eigenvalue weighted by Crippen LogP contribution is 2.55. The van der Waals surface area contributed by atoms with Crippen molar-refractivity contribution in [2.45, 2.75) is 51.7 Å². The quantitative estimate of drug-likeness (QED) is 0.823. The van der Waals surface area contributed by atoms with Crippen LogP contribution in [0.25, 0.3) is 0 Å². The standard InChI is InChI=1S/C19H24ClN3O4/c1-18(2,3)27-17(26)23-10-19(7-8-19)9-13(23)16(25)22-12-6-4-5-11(20)14(12)15(21)24/h4-6,13H,7-10H2,1-3H3,(H2,21,24)(H,22,25)/t13-/m0/s1. The van der Waals surface area contributed by atoms with Gasteiger partial charge in [-0.05, 0) is 57.6 Å². The Bertz CT molecular complexity index is 799. The van der Waals surface area contributed by atoms with Crippen molar-refractivity contribution in [3.8, 4) is 0 Å². The number of nitrogens with two attached hydrogens (primary N) is 1. The van der Waals surface area contributed by atoms with Gasteiger partial charge in [-0.15, -0.1) is 0 Å². The second kappa shape index (κ2) is 6.71. The monoisotopic (exact) mass is 393 g/mol. The molecule has 1 aliphatic heterocycles. The van der Waals surface area contributed by atoms with Gasteiger partial charge in [0.05, 0.1) is 16.3 Å². The highest BCUT2D eigenvalue weighted by molar-refractivity contribution is 6.34. The number of hydrogen-bond donors (Lipinski definition) is 2. The van der Waals surface area contributed by atoms with Crippen molar-refractivity contribution in [2.75, 3.05) is 11.9 Å². The Morgan fingerprint density at radius 2 is 1.96 bits per heavy atom. The molecule has 27 heavy (non-hydrogen) atoms. The Labute approximate surface area is 163 Å². The van der Waals surface area contributed by atoms with Crippen LogP contribution in [-0.2, 0) is 9.53 Å². The number of hydrogen-bond acceptors (Lipinski definition) is 4. The molecule has 3 N–H and O–H groups in total. The predicted octanol–water partition coefficient (Wildman–Crippen LogP) is 3.17. The number of likely N-dealkylation sites (tertiary alicyclic amines) is 1. The molecule has 3 amide bonds. The first-order valence-electron chi connectivity index (χ1n) is 8.90. The molecule has 1 saturated carbocycles. The SMILES string of the molecule is CC(C)(C)OC(=O)N1CC2(CC2)C[C@H]1C(=O)Nc1cccc(Cl)c1C(N)=O. The third-order valence-corrected chi connectivity index (χ3v) is 5.23. The fraction of sp³-hybridized carbons (Fsp3) is 0.526. The Hall–Kier alpha value is -2.28. The summed E-state index contributed by atoms with van der Waals surface area (Å²) in [4.78, 5) is 38.7. The highest BCUT2D eigenvalue weighted by Gasteiger charge is 2.56. The Kier molecular flexibility index (Phi) is 4.84. The molecule has 1 spiro atoms. The molecule has 1 aromatic carbocycles. The van der Waals surface area contributed by atoms with E-state index in [1.165, 1.54) is 11.0 Å². The molecule has 146 valence electrons. The maximum atomic E-state index is 12.9. The van der Waals surface area contributed by atoms with Crippen LogP contribution in [0, 0.1) is 5.41 Å². The topological polar surface area (TPSA) is 102 Å². The molecular formula is C19H24ClN3O4. The maximum absolute atomic E-state index is 12.9. The summed E-state index contributed by atoms with van der Waals surface area (Å²) in [7, 11) is 0. The molecular weight excluding hydrogens is 370 g/mol. The molecule has 0 aromatic heterocycles. The first-order chi connectivity index (χ1) is 12.5. The van der Waals surface area contributed by atoms with E-state index >= 15 is 0 Å². The van der Waals surface area contributed by atoms with Crippen LogP contribution in [0.3, 0.4) is 0 Å². The summed E-state index contributed by atoms with van der Waals surface area (Å²) in [6.07, 6.45) is 2.04. The zero-order valence-electron chi connectivity index (χ0n) is 15.7. The smallest absolute Gasteiger partial charge is 0.410 e. The van der Waals surface area contributed by atoms with E-state index in [4.69, 9.17) is 22.1 Å². The molecule has 8 heteroatoms. The maximum Gasteiger partial charge on any atom is 0.410 e. The summed E-state index contributed by atoms with van der Waals surface area (Å²) < 4.78 is 5.47. The number of anilines is 1. The lowest BCUT2D eigenvalue weighted by molar-refractivity contribution is -0.120. The molecule has 1 aliphatic carbocycles. The minimum atomic E-state index is -0.731. The van der Waals surface area contributed by atoms with Crippen LogP contribution in [0.15, 0.2) is 18.2 Å². The van der Waals surface area contributed by atoms with Gasteiger partial charge in [0.2, 0.25) is 5.91 Å². The Morgan fingerprint density at radius 3 is 2.52 bits per heavy atom. The number of halogens is 1. The summed E-state index contributed by atoms with van der Waals surface area (Å²) in [5.41, 5.74) is 5.02. The number of ether oxygens (including phenoxy) is 1. The molecule has 0 unspecified atom stereocenters. The van der Waals surface area contributed by atoms with Crippen molar-refractivity contribution in [1.82, 2.24) is 4.90 Å². The lowest BCUT2D eigenvalue weighted by Crippen LogP contribution is -2.45. The second-order valence-electron chi connectivity index (χ2n) is 8.34. The molecule has 1 aromatic rings. The highest BCUT2D eigenvalue weighted by atomic mass is 35.5. The van der Waals surface area contributed by atoms with Gasteiger partial charge in [-0.3, -0.25) is 14.5 Å². The van der Waals surface area contributed by atoms with Crippen LogP contribution in [0.4, 0.5) is 10.5 Å². The molecule has 2 aliphatic rings. The number of nitrogens with one attached hydrogen (secondary N) is 1. The number of rotatable bonds is 3. The van der Waals surface area contributed by atoms with Crippen molar-refractivity contribution in [3.63, 3.8) is 0 Å². The lowest BCUT2D eigenvalue weighted by atomic mass is 10.0. The van der Waals surface area contributed by atoms with Gasteiger partial charge >= 0.3 is 6.09 Å². The van der Waals surface area contributed by atoms with Crippen molar-refractivity contribution in [2.24, 2.45) is 11.1 Å². The van der Waals surface area contributed by atoms with E-state index in [1.54, 1.807) is 32.9 Å². The van der Waals surface area contributed by atoms with Gasteiger partial charge in [-0.2, -0.15) is 0 Å². The minimum absolute atomic E-state index is 0.000237. The van der Waals surface area contributed by atoms with E-state index in [0.717, 1.165) is 12.8 Å². The zero-order chi connectivity index (χ0) is 20.0. The molecule has 1 atom stereocenters. The van der Waals surface area contributed by atoms with Crippen molar-refractivity contribution in [1.29, 1.82) is 0 Å². The number of amides is 3. The number of primary amides is 1. The van der Waals surface area contributed by atoms with Crippen LogP contribution in [0.2, 0.25) is 5.02 Å². The van der Waals surface area contributed by atoms with Crippen molar-refractivity contribution < 1.29 is 19.1 Å². The zero-order valence-corrected chi connectivity index (χ0v) is 16.4. The lowest BCUT2D eigenvalue weighted by Gasteiger charge is -2.28. The molecule has 1 heterocycles. The van der Waals surface area contributed by atoms with Crippen LogP contribution in [0.1, 0.15) is 50.4 Å². The molecule has 1 saturated heterocycles. The first-order valence-corrected chi connectivity index (χ1v) is 9.28. The molecule has 2 fully saturated rings. The average molecular weight is 394 g/mol. The fourth-order valence-corrected chi connectivity index (χ4v) is 3.70. The first kappa shape index (κ1) is 19.5. The third kappa shape index (κ3) is 4.18. The normalized spacial score (nSPS) is 20.4. The average Bonchev–Trinajstić information content (AvgIpc) is 3.15. The van der Waals surface area contributed by atoms with Crippen LogP contribution >= 0.6 is 11.6 Å². The van der Waals surface area contributed by atoms with Crippen molar-refractivity contribution >= 4 is 35.2 Å². The molecule has 0 bridgehead atoms. The van der Waals surface area contributed by atoms with Gasteiger partial charge in [-0.1, -0.05) is 17.7 Å². The summed E-state index contributed by atoms with van der Waals surface area (Å²) in [5, 5.41) is 2.88. The van der Waals surface area contributed by atoms with Crippen LogP contribution < -0.4 is 11.1 Å². The van der Waals surface area contributed by atoms with E-state index in [1.807, 2.05) is 0 Å². The molecule has 7 nitrogen and oxygen atoms in total. The summed E-state index contributed by atoms with van der Waals surface area (Å²) in [5.74, 6) is -1.11. The Morgan fingerprint density at radius 1 is 1.30 bits per heavy atom. The van der Waals surface area contributed by atoms with Gasteiger partial charge in [-0.25, -0.2) is 4.79 Å². The summed E-state index contributed by atoms with van der Waals surface area (Å²) in [6.45, 7) is 5.86. The van der Waals surface area contributed by atoms with Crippen molar-refractivity contribution in [3.05, 3.63) is 28.8 Å². The summed E-state index contributed by atoms with van der Waals surface area (Å²) >= 11 is 6.04. The van der Waals surface area contributed by atoms with Crippen LogP contribution in [-0.4, -0.2) is 41.0 Å². The van der Waals surface area contributed by atoms with Crippen LogP contribution in [0.5, 0.6) is 0 Å². The van der Waals surface area contributed by atoms with E-state index < -0.39 is 23.6 Å². The number of carbonyl (C=O) groups is 3. The van der Waals surface area contributed by atoms with Gasteiger partial charge in [0.1, 0.15) is 11.6 Å². The van der Waals surface area contributed by atoms with E-state index in [0.29, 0.717) is 13.0 Å². The largest absolute Gasteiger partial charge is 0.444 e. The van der Waals surface area contributed by atoms with Gasteiger partial charge in [0.15, 0.2) is 0 Å². The number of benzene rings is 1. The van der Waals surface area contributed by atoms with E-state index in [2.05, 4.69) is 5.32 Å². The minimum Gasteiger partial charge on any atom is -0.444 e. The number of carbonyl (C=O) groups excluding carboxylic acids is 3. The fourth-order valence-electron chi connectivity index (χ4n) is 3.44. The van der Waals surface area contributed by atoms with Gasteiger partial charge in [0, 0.05) is 6.54 Å². The Balaban J connectivity index is 1.81. The number of nitrogens with zero attached hydrogens (tertiary/aromatic N) is 1. The third-order valence-electron chi connectivity index (χ3n) is 4.91. The predicted molar refractivity (Wildman–Crippen MR) is 102 cm³/mol. The van der Waals surface area contributed by atoms with E-state index in [-0.39, 0.29) is 27.6 Å². The second-order valence-corrected chi connectivity index (χ2v) is 8.75. The summed E-state index contributed by atoms with van der Waals surface area (Å²) in [6, 6.07) is 4.04. The van der Waals surface area contributed by atoms with Gasteiger partial charge < -0.3 is 15.8 Å². The van der Waals surface area contributed by atoms with Gasteiger partial charge in [0.25, 0.3) is 5.91 Å². The molecule has 0 radical (unpaired) electrons. The molecule has 3 rings (SSSR count). The van der Waals surface area contributed by atoms with E-state index in [9.17, 15) is 14.4 Å².